The normalized spacial score (nSPS) is 17.9. The summed E-state index contributed by atoms with van der Waals surface area (Å²) < 4.78 is 16.1. The molecule has 1 aliphatic heterocycles. The maximum absolute atomic E-state index is 13.0. The molecule has 1 saturated heterocycles. The molecule has 0 radical (unpaired) electrons. The summed E-state index contributed by atoms with van der Waals surface area (Å²) in [5.74, 6) is 1.05. The van der Waals surface area contributed by atoms with E-state index >= 15 is 0 Å². The first-order valence-electron chi connectivity index (χ1n) is 8.00. The molecule has 0 aliphatic carbocycles. The molecule has 7 heteroatoms. The van der Waals surface area contributed by atoms with Crippen molar-refractivity contribution in [2.45, 2.75) is 6.04 Å². The molecule has 24 heavy (non-hydrogen) atoms. The number of morpholine rings is 1. The number of ether oxygens (including phenoxy) is 3. The van der Waals surface area contributed by atoms with Crippen LogP contribution in [0.4, 0.5) is 0 Å². The average molecular weight is 338 g/mol. The standard InChI is InChI=1S/C17H26N2O5/c1-18(6-8-20)11-13-12-24-9-7-19(13)17(21)15-5-4-14(22-2)10-16(15)23-3/h4-5,10,13,20H,6-9,11-12H2,1-3H3. The molecule has 1 aliphatic rings. The number of carbonyl (C=O) groups excluding carboxylic acids is 1. The lowest BCUT2D eigenvalue weighted by atomic mass is 10.1. The molecule has 1 aromatic rings. The fraction of sp³-hybridized carbons (Fsp3) is 0.588. The van der Waals surface area contributed by atoms with Crippen molar-refractivity contribution in [1.82, 2.24) is 9.80 Å². The van der Waals surface area contributed by atoms with Gasteiger partial charge in [-0.3, -0.25) is 4.79 Å². The fourth-order valence-electron chi connectivity index (χ4n) is 2.83. The van der Waals surface area contributed by atoms with Crippen molar-refractivity contribution < 1.29 is 24.1 Å². The summed E-state index contributed by atoms with van der Waals surface area (Å²) >= 11 is 0. The maximum atomic E-state index is 13.0. The van der Waals surface area contributed by atoms with E-state index in [-0.39, 0.29) is 18.6 Å². The van der Waals surface area contributed by atoms with Crippen molar-refractivity contribution in [1.29, 1.82) is 0 Å². The van der Waals surface area contributed by atoms with E-state index in [1.54, 1.807) is 25.3 Å². The first-order chi connectivity index (χ1) is 11.6. The van der Waals surface area contributed by atoms with Gasteiger partial charge in [0.05, 0.1) is 45.6 Å². The monoisotopic (exact) mass is 338 g/mol. The minimum Gasteiger partial charge on any atom is -0.497 e. The molecule has 134 valence electrons. The SMILES string of the molecule is COc1ccc(C(=O)N2CCOCC2CN(C)CCO)c(OC)c1. The molecule has 1 unspecified atom stereocenters. The molecule has 1 N–H and O–H groups in total. The molecule has 7 nitrogen and oxygen atoms in total. The largest absolute Gasteiger partial charge is 0.497 e. The van der Waals surface area contributed by atoms with Crippen molar-refractivity contribution in [2.24, 2.45) is 0 Å². The van der Waals surface area contributed by atoms with Gasteiger partial charge in [-0.25, -0.2) is 0 Å². The van der Waals surface area contributed by atoms with Crippen LogP contribution in [-0.2, 0) is 4.74 Å². The lowest BCUT2D eigenvalue weighted by Gasteiger charge is -2.37. The van der Waals surface area contributed by atoms with Gasteiger partial charge in [0.25, 0.3) is 5.91 Å². The van der Waals surface area contributed by atoms with Crippen molar-refractivity contribution in [3.63, 3.8) is 0 Å². The Morgan fingerprint density at radius 1 is 1.42 bits per heavy atom. The average Bonchev–Trinajstić information content (AvgIpc) is 2.61. The predicted molar refractivity (Wildman–Crippen MR) is 89.8 cm³/mol. The van der Waals surface area contributed by atoms with Crippen molar-refractivity contribution in [2.75, 3.05) is 60.7 Å². The number of methoxy groups -OCH3 is 2. The van der Waals surface area contributed by atoms with Crippen LogP contribution in [0.3, 0.4) is 0 Å². The molecular weight excluding hydrogens is 312 g/mol. The number of amides is 1. The van der Waals surface area contributed by atoms with Gasteiger partial charge in [0.2, 0.25) is 0 Å². The first-order valence-corrected chi connectivity index (χ1v) is 8.00. The van der Waals surface area contributed by atoms with E-state index < -0.39 is 0 Å². The van der Waals surface area contributed by atoms with Crippen LogP contribution in [0.5, 0.6) is 11.5 Å². The van der Waals surface area contributed by atoms with E-state index in [0.29, 0.717) is 49.9 Å². The Balaban J connectivity index is 2.19. The molecular formula is C17H26N2O5. The Labute approximate surface area is 142 Å². The van der Waals surface area contributed by atoms with Gasteiger partial charge >= 0.3 is 0 Å². The van der Waals surface area contributed by atoms with E-state index in [2.05, 4.69) is 0 Å². The van der Waals surface area contributed by atoms with Crippen molar-refractivity contribution >= 4 is 5.91 Å². The molecule has 1 amide bonds. The summed E-state index contributed by atoms with van der Waals surface area (Å²) in [4.78, 5) is 16.8. The summed E-state index contributed by atoms with van der Waals surface area (Å²) in [5, 5.41) is 9.06. The van der Waals surface area contributed by atoms with Crippen LogP contribution < -0.4 is 9.47 Å². The predicted octanol–water partition coefficient (Wildman–Crippen LogP) is 0.469. The minimum atomic E-state index is -0.0831. The summed E-state index contributed by atoms with van der Waals surface area (Å²) in [6, 6.07) is 5.13. The Kier molecular flexibility index (Phi) is 6.84. The van der Waals surface area contributed by atoms with E-state index in [1.807, 2.05) is 16.8 Å². The summed E-state index contributed by atoms with van der Waals surface area (Å²) in [6.45, 7) is 2.83. The highest BCUT2D eigenvalue weighted by Crippen LogP contribution is 2.27. The van der Waals surface area contributed by atoms with Crippen LogP contribution in [0.1, 0.15) is 10.4 Å². The van der Waals surface area contributed by atoms with Crippen LogP contribution in [0.15, 0.2) is 18.2 Å². The fourth-order valence-corrected chi connectivity index (χ4v) is 2.83. The summed E-state index contributed by atoms with van der Waals surface area (Å²) in [5.41, 5.74) is 0.509. The number of hydrogen-bond donors (Lipinski definition) is 1. The quantitative estimate of drug-likeness (QED) is 0.779. The highest BCUT2D eigenvalue weighted by Gasteiger charge is 2.30. The van der Waals surface area contributed by atoms with Crippen molar-refractivity contribution in [3.05, 3.63) is 23.8 Å². The topological polar surface area (TPSA) is 71.5 Å². The second kappa shape index (κ2) is 8.86. The Hall–Kier alpha value is -1.83. The molecule has 1 fully saturated rings. The van der Waals surface area contributed by atoms with Gasteiger partial charge in [0, 0.05) is 25.7 Å². The van der Waals surface area contributed by atoms with Gasteiger partial charge in [-0.2, -0.15) is 0 Å². The van der Waals surface area contributed by atoms with Crippen molar-refractivity contribution in [3.8, 4) is 11.5 Å². The highest BCUT2D eigenvalue weighted by molar-refractivity contribution is 5.97. The zero-order valence-corrected chi connectivity index (χ0v) is 14.5. The number of aliphatic hydroxyl groups excluding tert-OH is 1. The lowest BCUT2D eigenvalue weighted by molar-refractivity contribution is -0.0110. The van der Waals surface area contributed by atoms with Crippen LogP contribution in [0.2, 0.25) is 0 Å². The van der Waals surface area contributed by atoms with Gasteiger partial charge in [-0.1, -0.05) is 0 Å². The van der Waals surface area contributed by atoms with Gasteiger partial charge in [-0.05, 0) is 19.2 Å². The number of likely N-dealkylation sites (N-methyl/N-ethyl adjacent to an activating group) is 1. The number of nitrogens with zero attached hydrogens (tertiary/aromatic N) is 2. The Morgan fingerprint density at radius 3 is 2.88 bits per heavy atom. The molecule has 1 aromatic carbocycles. The van der Waals surface area contributed by atoms with Crippen LogP contribution in [0.25, 0.3) is 0 Å². The Bertz CT molecular complexity index is 552. The second-order valence-corrected chi connectivity index (χ2v) is 5.78. The number of benzene rings is 1. The molecule has 2 rings (SSSR count). The third-order valence-electron chi connectivity index (χ3n) is 4.13. The smallest absolute Gasteiger partial charge is 0.258 e. The zero-order valence-electron chi connectivity index (χ0n) is 14.5. The minimum absolute atomic E-state index is 0.0605. The molecule has 1 atom stereocenters. The van der Waals surface area contributed by atoms with E-state index in [1.165, 1.54) is 7.11 Å². The molecule has 0 saturated carbocycles. The van der Waals surface area contributed by atoms with E-state index in [9.17, 15) is 4.79 Å². The summed E-state index contributed by atoms with van der Waals surface area (Å²) in [6.07, 6.45) is 0. The molecule has 0 spiro atoms. The Morgan fingerprint density at radius 2 is 2.21 bits per heavy atom. The van der Waals surface area contributed by atoms with Gasteiger partial charge in [0.1, 0.15) is 11.5 Å². The molecule has 0 aromatic heterocycles. The number of aliphatic hydroxyl groups is 1. The number of rotatable bonds is 7. The zero-order chi connectivity index (χ0) is 17.5. The van der Waals surface area contributed by atoms with E-state index in [4.69, 9.17) is 19.3 Å². The maximum Gasteiger partial charge on any atom is 0.258 e. The van der Waals surface area contributed by atoms with E-state index in [0.717, 1.165) is 0 Å². The molecule has 1 heterocycles. The lowest BCUT2D eigenvalue weighted by Crippen LogP contribution is -2.53. The summed E-state index contributed by atoms with van der Waals surface area (Å²) in [7, 11) is 5.03. The van der Waals surface area contributed by atoms with Gasteiger partial charge in [-0.15, -0.1) is 0 Å². The van der Waals surface area contributed by atoms with Crippen LogP contribution in [0, 0.1) is 0 Å². The number of carbonyl (C=O) groups is 1. The van der Waals surface area contributed by atoms with Crippen LogP contribution >= 0.6 is 0 Å². The third kappa shape index (κ3) is 4.37. The first kappa shape index (κ1) is 18.5. The van der Waals surface area contributed by atoms with Gasteiger partial charge in [0.15, 0.2) is 0 Å². The van der Waals surface area contributed by atoms with Gasteiger partial charge < -0.3 is 29.1 Å². The number of hydrogen-bond acceptors (Lipinski definition) is 6. The molecule has 0 bridgehead atoms. The third-order valence-corrected chi connectivity index (χ3v) is 4.13. The second-order valence-electron chi connectivity index (χ2n) is 5.78. The van der Waals surface area contributed by atoms with Crippen LogP contribution in [-0.4, -0.2) is 87.6 Å². The highest BCUT2D eigenvalue weighted by atomic mass is 16.5.